The van der Waals surface area contributed by atoms with Crippen molar-refractivity contribution in [1.82, 2.24) is 10.2 Å². The molecule has 0 aliphatic carbocycles. The quantitative estimate of drug-likeness (QED) is 0.353. The molecule has 0 radical (unpaired) electrons. The fraction of sp³-hybridized carbons (Fsp3) is 0.476. The van der Waals surface area contributed by atoms with E-state index in [1.165, 1.54) is 4.90 Å². The van der Waals surface area contributed by atoms with Crippen LogP contribution in [0, 0.1) is 11.8 Å². The van der Waals surface area contributed by atoms with Gasteiger partial charge in [0.2, 0.25) is 5.91 Å². The van der Waals surface area contributed by atoms with Gasteiger partial charge >= 0.3 is 0 Å². The lowest BCUT2D eigenvalue weighted by molar-refractivity contribution is -0.121. The lowest BCUT2D eigenvalue weighted by atomic mass is 10.1. The Balaban J connectivity index is 1.96. The Bertz CT molecular complexity index is 767. The van der Waals surface area contributed by atoms with Crippen LogP contribution >= 0.6 is 0 Å². The van der Waals surface area contributed by atoms with Crippen molar-refractivity contribution in [2.75, 3.05) is 26.8 Å². The number of carbonyl (C=O) groups is 3. The van der Waals surface area contributed by atoms with E-state index in [2.05, 4.69) is 17.2 Å². The van der Waals surface area contributed by atoms with Gasteiger partial charge in [-0.1, -0.05) is 11.8 Å². The highest BCUT2D eigenvalue weighted by Crippen LogP contribution is 2.26. The molecule has 0 saturated heterocycles. The monoisotopic (exact) mass is 385 g/mol. The lowest BCUT2D eigenvalue weighted by Crippen LogP contribution is -2.37. The summed E-state index contributed by atoms with van der Waals surface area (Å²) in [6, 6.07) is 4.83. The van der Waals surface area contributed by atoms with E-state index in [-0.39, 0.29) is 18.2 Å². The minimum Gasteiger partial charge on any atom is -0.380 e. The first kappa shape index (κ1) is 21.6. The third-order valence-electron chi connectivity index (χ3n) is 4.54. The summed E-state index contributed by atoms with van der Waals surface area (Å²) in [5.41, 5.74) is 7.66. The third-order valence-corrected chi connectivity index (χ3v) is 4.54. The Kier molecular flexibility index (Phi) is 8.66. The van der Waals surface area contributed by atoms with Crippen molar-refractivity contribution in [1.29, 1.82) is 0 Å². The van der Waals surface area contributed by atoms with E-state index >= 15 is 0 Å². The standard InChI is InChI=1S/C21H27N3O4/c1-23-20(26)9-7-18(15-25)24-14-17-13-16(6-8-19(17)21(24)27)5-2-3-11-28-12-4-10-22/h6,8,13,15,18H,3-4,7,9-12,14,22H2,1H3,(H,23,26). The SMILES string of the molecule is CNC(=O)CCC(C=O)N1Cc2cc(C#CCCOCCCN)ccc2C1=O. The van der Waals surface area contributed by atoms with Gasteiger partial charge in [-0.2, -0.15) is 0 Å². The van der Waals surface area contributed by atoms with Crippen LogP contribution in [0.2, 0.25) is 0 Å². The van der Waals surface area contributed by atoms with E-state index in [0.29, 0.717) is 44.7 Å². The molecule has 1 aromatic carbocycles. The van der Waals surface area contributed by atoms with Crippen LogP contribution in [0.4, 0.5) is 0 Å². The summed E-state index contributed by atoms with van der Waals surface area (Å²) in [5.74, 6) is 5.80. The van der Waals surface area contributed by atoms with Crippen LogP contribution in [0.3, 0.4) is 0 Å². The molecule has 3 N–H and O–H groups in total. The molecule has 0 saturated carbocycles. The number of benzene rings is 1. The highest BCUT2D eigenvalue weighted by atomic mass is 16.5. The number of fused-ring (bicyclic) bond motifs is 1. The van der Waals surface area contributed by atoms with E-state index in [9.17, 15) is 14.4 Å². The first-order valence-corrected chi connectivity index (χ1v) is 9.47. The van der Waals surface area contributed by atoms with Crippen molar-refractivity contribution in [2.45, 2.75) is 38.3 Å². The maximum Gasteiger partial charge on any atom is 0.255 e. The van der Waals surface area contributed by atoms with E-state index in [1.807, 2.05) is 12.1 Å². The van der Waals surface area contributed by atoms with Crippen LogP contribution < -0.4 is 11.1 Å². The number of ether oxygens (including phenoxy) is 1. The highest BCUT2D eigenvalue weighted by molar-refractivity contribution is 5.99. The van der Waals surface area contributed by atoms with Gasteiger partial charge in [0.05, 0.1) is 12.6 Å². The molecule has 1 aliphatic rings. The second kappa shape index (κ2) is 11.2. The topological polar surface area (TPSA) is 102 Å². The van der Waals surface area contributed by atoms with Crippen molar-refractivity contribution in [3.8, 4) is 11.8 Å². The summed E-state index contributed by atoms with van der Waals surface area (Å²) in [6.45, 7) is 2.18. The Morgan fingerprint density at radius 3 is 2.96 bits per heavy atom. The Hall–Kier alpha value is -2.69. The second-order valence-electron chi connectivity index (χ2n) is 6.53. The number of nitrogens with zero attached hydrogens (tertiary/aromatic N) is 1. The molecule has 28 heavy (non-hydrogen) atoms. The molecule has 0 fully saturated rings. The van der Waals surface area contributed by atoms with Crippen LogP contribution in [0.5, 0.6) is 0 Å². The van der Waals surface area contributed by atoms with Crippen molar-refractivity contribution < 1.29 is 19.1 Å². The molecule has 0 aromatic heterocycles. The summed E-state index contributed by atoms with van der Waals surface area (Å²) in [7, 11) is 1.55. The largest absolute Gasteiger partial charge is 0.380 e. The summed E-state index contributed by atoms with van der Waals surface area (Å²) < 4.78 is 5.41. The molecule has 1 atom stereocenters. The first-order chi connectivity index (χ1) is 13.6. The zero-order valence-corrected chi connectivity index (χ0v) is 16.2. The van der Waals surface area contributed by atoms with Gasteiger partial charge in [0.25, 0.3) is 5.91 Å². The highest BCUT2D eigenvalue weighted by Gasteiger charge is 2.32. The van der Waals surface area contributed by atoms with Crippen LogP contribution in [0.1, 0.15) is 47.2 Å². The fourth-order valence-electron chi connectivity index (χ4n) is 2.97. The van der Waals surface area contributed by atoms with Gasteiger partial charge in [-0.05, 0) is 43.1 Å². The molecular weight excluding hydrogens is 358 g/mol. The Morgan fingerprint density at radius 1 is 1.43 bits per heavy atom. The smallest absolute Gasteiger partial charge is 0.255 e. The number of aldehydes is 1. The molecule has 2 amide bonds. The van der Waals surface area contributed by atoms with Crippen LogP contribution in [-0.2, 0) is 20.9 Å². The normalized spacial score (nSPS) is 13.5. The van der Waals surface area contributed by atoms with Gasteiger partial charge in [-0.15, -0.1) is 0 Å². The average Bonchev–Trinajstić information content (AvgIpc) is 3.03. The van der Waals surface area contributed by atoms with E-state index in [4.69, 9.17) is 10.5 Å². The van der Waals surface area contributed by atoms with Gasteiger partial charge in [0.1, 0.15) is 6.29 Å². The number of nitrogens with two attached hydrogens (primary N) is 1. The van der Waals surface area contributed by atoms with Crippen molar-refractivity contribution in [3.63, 3.8) is 0 Å². The predicted molar refractivity (Wildman–Crippen MR) is 105 cm³/mol. The van der Waals surface area contributed by atoms with Crippen LogP contribution in [-0.4, -0.2) is 55.8 Å². The summed E-state index contributed by atoms with van der Waals surface area (Å²) in [6.07, 6.45) is 2.70. The number of nitrogens with one attached hydrogen (secondary N) is 1. The second-order valence-corrected chi connectivity index (χ2v) is 6.53. The number of hydrogen-bond donors (Lipinski definition) is 2. The molecule has 1 heterocycles. The van der Waals surface area contributed by atoms with Gasteiger partial charge < -0.3 is 25.5 Å². The molecule has 7 nitrogen and oxygen atoms in total. The third kappa shape index (κ3) is 5.91. The Labute approximate surface area is 165 Å². The van der Waals surface area contributed by atoms with Gasteiger partial charge in [-0.25, -0.2) is 0 Å². The maximum absolute atomic E-state index is 12.6. The summed E-state index contributed by atoms with van der Waals surface area (Å²) in [4.78, 5) is 37.0. The molecule has 1 aromatic rings. The van der Waals surface area contributed by atoms with Gasteiger partial charge in [-0.3, -0.25) is 9.59 Å². The average molecular weight is 385 g/mol. The van der Waals surface area contributed by atoms with Crippen molar-refractivity contribution >= 4 is 18.1 Å². The molecule has 0 spiro atoms. The Morgan fingerprint density at radius 2 is 2.25 bits per heavy atom. The number of carbonyl (C=O) groups excluding carboxylic acids is 3. The maximum atomic E-state index is 12.6. The zero-order valence-electron chi connectivity index (χ0n) is 16.2. The molecule has 7 heteroatoms. The molecule has 2 rings (SSSR count). The van der Waals surface area contributed by atoms with Crippen LogP contribution in [0.15, 0.2) is 18.2 Å². The predicted octanol–water partition coefficient (Wildman–Crippen LogP) is 0.843. The lowest BCUT2D eigenvalue weighted by Gasteiger charge is -2.22. The molecular formula is C21H27N3O4. The first-order valence-electron chi connectivity index (χ1n) is 9.47. The van der Waals surface area contributed by atoms with E-state index < -0.39 is 6.04 Å². The van der Waals surface area contributed by atoms with Gasteiger partial charge in [0, 0.05) is 44.2 Å². The summed E-state index contributed by atoms with van der Waals surface area (Å²) >= 11 is 0. The van der Waals surface area contributed by atoms with E-state index in [1.54, 1.807) is 13.1 Å². The number of amides is 2. The molecule has 0 bridgehead atoms. The minimum absolute atomic E-state index is 0.152. The van der Waals surface area contributed by atoms with Crippen LogP contribution in [0.25, 0.3) is 0 Å². The molecule has 150 valence electrons. The zero-order chi connectivity index (χ0) is 20.4. The van der Waals surface area contributed by atoms with Gasteiger partial charge in [0.15, 0.2) is 0 Å². The van der Waals surface area contributed by atoms with E-state index in [0.717, 1.165) is 23.8 Å². The van der Waals surface area contributed by atoms with Crippen molar-refractivity contribution in [2.24, 2.45) is 5.73 Å². The number of rotatable bonds is 10. The minimum atomic E-state index is -0.614. The fourth-order valence-corrected chi connectivity index (χ4v) is 2.97. The molecule has 1 unspecified atom stereocenters. The molecule has 1 aliphatic heterocycles. The number of hydrogen-bond acceptors (Lipinski definition) is 5. The summed E-state index contributed by atoms with van der Waals surface area (Å²) in [5, 5.41) is 2.52. The van der Waals surface area contributed by atoms with Crippen molar-refractivity contribution in [3.05, 3.63) is 34.9 Å².